The third-order valence-electron chi connectivity index (χ3n) is 5.24. The summed E-state index contributed by atoms with van der Waals surface area (Å²) in [5.74, 6) is 5.07. The lowest BCUT2D eigenvalue weighted by atomic mass is 10.0. The summed E-state index contributed by atoms with van der Waals surface area (Å²) in [6.07, 6.45) is 6.64. The Bertz CT molecular complexity index is 487. The van der Waals surface area contributed by atoms with Crippen molar-refractivity contribution in [3.63, 3.8) is 0 Å². The van der Waals surface area contributed by atoms with E-state index in [2.05, 4.69) is 21.7 Å². The zero-order valence-corrected chi connectivity index (χ0v) is 11.0. The fourth-order valence-electron chi connectivity index (χ4n) is 4.67. The predicted molar refractivity (Wildman–Crippen MR) is 68.3 cm³/mol. The van der Waals surface area contributed by atoms with Crippen LogP contribution >= 0.6 is 12.2 Å². The molecule has 92 valence electrons. The Morgan fingerprint density at radius 2 is 2.06 bits per heavy atom. The number of aryl methyl sites for hydroxylation is 1. The normalized spacial score (nSPS) is 41.8. The number of nitrogens with one attached hydrogen (secondary N) is 1. The number of aromatic amines is 1. The molecule has 17 heavy (non-hydrogen) atoms. The summed E-state index contributed by atoms with van der Waals surface area (Å²) < 4.78 is 3.21. The molecule has 1 heterocycles. The Labute approximate surface area is 107 Å². The van der Waals surface area contributed by atoms with Crippen LogP contribution in [-0.2, 0) is 6.42 Å². The maximum Gasteiger partial charge on any atom is 0.195 e. The minimum atomic E-state index is 0.703. The zero-order valence-electron chi connectivity index (χ0n) is 10.2. The van der Waals surface area contributed by atoms with Gasteiger partial charge in [0.25, 0.3) is 0 Å². The molecule has 0 radical (unpaired) electrons. The SMILES string of the molecule is CCCc1n[nH]c(=S)n1C1C2C3CCC(C3)C21. The summed E-state index contributed by atoms with van der Waals surface area (Å²) in [7, 11) is 0. The second kappa shape index (κ2) is 3.44. The standard InChI is InChI=1S/C13H19N3S/c1-2-3-9-14-15-13(17)16(9)12-10-7-4-5-8(6-7)11(10)12/h7-8,10-12H,2-6H2,1H3,(H,15,17). The molecule has 3 saturated carbocycles. The van der Waals surface area contributed by atoms with Gasteiger partial charge >= 0.3 is 0 Å². The van der Waals surface area contributed by atoms with Gasteiger partial charge in [-0.25, -0.2) is 0 Å². The smallest absolute Gasteiger partial charge is 0.195 e. The van der Waals surface area contributed by atoms with E-state index in [0.717, 1.165) is 41.3 Å². The third kappa shape index (κ3) is 1.28. The summed E-state index contributed by atoms with van der Waals surface area (Å²) >= 11 is 5.42. The summed E-state index contributed by atoms with van der Waals surface area (Å²) in [5, 5.41) is 7.41. The van der Waals surface area contributed by atoms with Crippen LogP contribution in [-0.4, -0.2) is 14.8 Å². The zero-order chi connectivity index (χ0) is 11.6. The average molecular weight is 249 g/mol. The van der Waals surface area contributed by atoms with Crippen LogP contribution in [0.3, 0.4) is 0 Å². The van der Waals surface area contributed by atoms with E-state index in [1.165, 1.54) is 25.1 Å². The van der Waals surface area contributed by atoms with Gasteiger partial charge in [-0.3, -0.25) is 5.10 Å². The van der Waals surface area contributed by atoms with Crippen LogP contribution in [0.4, 0.5) is 0 Å². The van der Waals surface area contributed by atoms with Gasteiger partial charge in [0.15, 0.2) is 4.77 Å². The fourth-order valence-corrected chi connectivity index (χ4v) is 4.94. The Kier molecular flexibility index (Phi) is 2.08. The van der Waals surface area contributed by atoms with E-state index in [1.807, 2.05) is 0 Å². The van der Waals surface area contributed by atoms with Gasteiger partial charge in [0.2, 0.25) is 0 Å². The molecule has 4 atom stereocenters. The van der Waals surface area contributed by atoms with Crippen LogP contribution < -0.4 is 0 Å². The number of H-pyrrole nitrogens is 1. The minimum absolute atomic E-state index is 0.703. The molecule has 4 heteroatoms. The highest BCUT2D eigenvalue weighted by Gasteiger charge is 2.66. The van der Waals surface area contributed by atoms with E-state index in [0.29, 0.717) is 6.04 Å². The lowest BCUT2D eigenvalue weighted by molar-refractivity contribution is 0.442. The molecule has 1 aromatic rings. The van der Waals surface area contributed by atoms with Crippen molar-refractivity contribution >= 4 is 12.2 Å². The number of hydrogen-bond donors (Lipinski definition) is 1. The number of fused-ring (bicyclic) bond motifs is 5. The van der Waals surface area contributed by atoms with Gasteiger partial charge in [-0.05, 0) is 61.6 Å². The molecule has 0 aliphatic heterocycles. The van der Waals surface area contributed by atoms with E-state index in [4.69, 9.17) is 12.2 Å². The van der Waals surface area contributed by atoms with Crippen LogP contribution in [0, 0.1) is 28.4 Å². The molecule has 0 aromatic carbocycles. The van der Waals surface area contributed by atoms with Gasteiger partial charge in [0.1, 0.15) is 5.82 Å². The number of hydrogen-bond acceptors (Lipinski definition) is 2. The first-order valence-electron chi connectivity index (χ1n) is 6.97. The average Bonchev–Trinajstić information content (AvgIpc) is 2.68. The van der Waals surface area contributed by atoms with E-state index < -0.39 is 0 Å². The van der Waals surface area contributed by atoms with Crippen LogP contribution in [0.15, 0.2) is 0 Å². The van der Waals surface area contributed by atoms with E-state index in [-0.39, 0.29) is 0 Å². The van der Waals surface area contributed by atoms with Gasteiger partial charge in [-0.15, -0.1) is 0 Å². The van der Waals surface area contributed by atoms with E-state index in [9.17, 15) is 0 Å². The molecule has 3 aliphatic rings. The summed E-state index contributed by atoms with van der Waals surface area (Å²) in [6.45, 7) is 2.21. The second-order valence-corrected chi connectivity index (χ2v) is 6.43. The van der Waals surface area contributed by atoms with Gasteiger partial charge in [0.05, 0.1) is 0 Å². The predicted octanol–water partition coefficient (Wildman–Crippen LogP) is 3.11. The van der Waals surface area contributed by atoms with Crippen molar-refractivity contribution in [1.29, 1.82) is 0 Å². The highest BCUT2D eigenvalue weighted by molar-refractivity contribution is 7.71. The molecule has 0 saturated heterocycles. The number of nitrogens with zero attached hydrogens (tertiary/aromatic N) is 2. The Balaban J connectivity index is 1.69. The highest BCUT2D eigenvalue weighted by Crippen LogP contribution is 2.71. The van der Waals surface area contributed by atoms with Gasteiger partial charge in [0, 0.05) is 12.5 Å². The molecule has 0 amide bonds. The van der Waals surface area contributed by atoms with E-state index >= 15 is 0 Å². The quantitative estimate of drug-likeness (QED) is 0.835. The van der Waals surface area contributed by atoms with Crippen molar-refractivity contribution in [3.8, 4) is 0 Å². The molecule has 2 bridgehead atoms. The maximum atomic E-state index is 5.42. The summed E-state index contributed by atoms with van der Waals surface area (Å²) in [5.41, 5.74) is 0. The summed E-state index contributed by atoms with van der Waals surface area (Å²) in [4.78, 5) is 0. The van der Waals surface area contributed by atoms with Crippen LogP contribution in [0.25, 0.3) is 0 Å². The molecule has 1 N–H and O–H groups in total. The van der Waals surface area contributed by atoms with Crippen LogP contribution in [0.1, 0.15) is 44.5 Å². The first kappa shape index (κ1) is 10.3. The highest BCUT2D eigenvalue weighted by atomic mass is 32.1. The van der Waals surface area contributed by atoms with E-state index in [1.54, 1.807) is 0 Å². The second-order valence-electron chi connectivity index (χ2n) is 6.04. The van der Waals surface area contributed by atoms with Crippen molar-refractivity contribution in [1.82, 2.24) is 14.8 Å². The van der Waals surface area contributed by atoms with Crippen molar-refractivity contribution < 1.29 is 0 Å². The largest absolute Gasteiger partial charge is 0.300 e. The molecular weight excluding hydrogens is 230 g/mol. The topological polar surface area (TPSA) is 33.6 Å². The summed E-state index contributed by atoms with van der Waals surface area (Å²) in [6, 6.07) is 0.703. The molecule has 1 aromatic heterocycles. The Hall–Kier alpha value is -0.640. The molecular formula is C13H19N3S. The van der Waals surface area contributed by atoms with Crippen molar-refractivity contribution in [2.24, 2.45) is 23.7 Å². The molecule has 3 aliphatic carbocycles. The first-order chi connectivity index (χ1) is 8.31. The monoisotopic (exact) mass is 249 g/mol. The lowest BCUT2D eigenvalue weighted by Crippen LogP contribution is -2.08. The van der Waals surface area contributed by atoms with Gasteiger partial charge in [-0.1, -0.05) is 6.92 Å². The van der Waals surface area contributed by atoms with Crippen molar-refractivity contribution in [2.45, 2.75) is 45.1 Å². The third-order valence-corrected chi connectivity index (χ3v) is 5.53. The molecule has 3 fully saturated rings. The molecule has 0 spiro atoms. The number of rotatable bonds is 3. The molecule has 4 unspecified atom stereocenters. The molecule has 4 rings (SSSR count). The molecule has 3 nitrogen and oxygen atoms in total. The minimum Gasteiger partial charge on any atom is -0.300 e. The van der Waals surface area contributed by atoms with Gasteiger partial charge in [-0.2, -0.15) is 5.10 Å². The van der Waals surface area contributed by atoms with Crippen LogP contribution in [0.2, 0.25) is 0 Å². The van der Waals surface area contributed by atoms with Crippen molar-refractivity contribution in [2.75, 3.05) is 0 Å². The number of aromatic nitrogens is 3. The Morgan fingerprint density at radius 3 is 2.71 bits per heavy atom. The van der Waals surface area contributed by atoms with Crippen molar-refractivity contribution in [3.05, 3.63) is 10.6 Å². The van der Waals surface area contributed by atoms with Crippen LogP contribution in [0.5, 0.6) is 0 Å². The first-order valence-corrected chi connectivity index (χ1v) is 7.38. The Morgan fingerprint density at radius 1 is 1.35 bits per heavy atom. The van der Waals surface area contributed by atoms with Gasteiger partial charge < -0.3 is 4.57 Å². The maximum absolute atomic E-state index is 5.42. The lowest BCUT2D eigenvalue weighted by Gasteiger charge is -2.11. The fraction of sp³-hybridized carbons (Fsp3) is 0.846.